The highest BCUT2D eigenvalue weighted by Crippen LogP contribution is 2.15. The van der Waals surface area contributed by atoms with Crippen LogP contribution in [0.2, 0.25) is 0 Å². The van der Waals surface area contributed by atoms with E-state index in [2.05, 4.69) is 5.32 Å². The van der Waals surface area contributed by atoms with Crippen LogP contribution in [-0.4, -0.2) is 28.3 Å². The second-order valence-corrected chi connectivity index (χ2v) is 6.66. The number of carbonyl (C=O) groups excluding carboxylic acids is 2. The molecule has 0 aliphatic heterocycles. The lowest BCUT2D eigenvalue weighted by molar-refractivity contribution is -0.141. The molecule has 4 nitrogen and oxygen atoms in total. The summed E-state index contributed by atoms with van der Waals surface area (Å²) in [6, 6.07) is 5.46. The van der Waals surface area contributed by atoms with Gasteiger partial charge in [-0.1, -0.05) is 26.0 Å². The monoisotopic (exact) mass is 322 g/mol. The van der Waals surface area contributed by atoms with Crippen molar-refractivity contribution in [2.24, 2.45) is 0 Å². The predicted octanol–water partition coefficient (Wildman–Crippen LogP) is 3.26. The largest absolute Gasteiger partial charge is 0.350 e. The Hall–Kier alpha value is -1.91. The molecule has 23 heavy (non-hydrogen) atoms. The van der Waals surface area contributed by atoms with Gasteiger partial charge in [0.25, 0.3) is 0 Å². The number of hydrogen-bond acceptors (Lipinski definition) is 2. The summed E-state index contributed by atoms with van der Waals surface area (Å²) in [6.07, 6.45) is 0.843. The first kappa shape index (κ1) is 19.1. The first-order valence-corrected chi connectivity index (χ1v) is 8.03. The summed E-state index contributed by atoms with van der Waals surface area (Å²) >= 11 is 0. The van der Waals surface area contributed by atoms with E-state index in [4.69, 9.17) is 0 Å². The lowest BCUT2D eigenvalue weighted by Crippen LogP contribution is -2.53. The molecule has 0 spiro atoms. The zero-order valence-electron chi connectivity index (χ0n) is 14.6. The average Bonchev–Trinajstić information content (AvgIpc) is 2.46. The fourth-order valence-corrected chi connectivity index (χ4v) is 2.36. The predicted molar refractivity (Wildman–Crippen MR) is 89.2 cm³/mol. The number of amides is 2. The molecule has 1 rings (SSSR count). The van der Waals surface area contributed by atoms with Gasteiger partial charge in [0, 0.05) is 18.5 Å². The molecule has 1 aromatic carbocycles. The fourth-order valence-electron chi connectivity index (χ4n) is 2.36. The van der Waals surface area contributed by atoms with Crippen molar-refractivity contribution < 1.29 is 14.0 Å². The van der Waals surface area contributed by atoms with Gasteiger partial charge in [-0.2, -0.15) is 0 Å². The number of nitrogens with one attached hydrogen (secondary N) is 1. The molecule has 5 heteroatoms. The van der Waals surface area contributed by atoms with Gasteiger partial charge in [-0.3, -0.25) is 9.59 Å². The number of hydrogen-bond donors (Lipinski definition) is 1. The van der Waals surface area contributed by atoms with Crippen LogP contribution in [0.3, 0.4) is 0 Å². The third-order valence-electron chi connectivity index (χ3n) is 3.45. The van der Waals surface area contributed by atoms with Crippen molar-refractivity contribution in [2.75, 3.05) is 0 Å². The normalized spacial score (nSPS) is 12.6. The molecule has 1 atom stereocenters. The van der Waals surface area contributed by atoms with Gasteiger partial charge in [-0.15, -0.1) is 0 Å². The Morgan fingerprint density at radius 3 is 2.17 bits per heavy atom. The molecule has 1 aromatic rings. The summed E-state index contributed by atoms with van der Waals surface area (Å²) in [6.45, 7) is 9.67. The zero-order valence-corrected chi connectivity index (χ0v) is 14.6. The smallest absolute Gasteiger partial charge is 0.243 e. The van der Waals surface area contributed by atoms with Crippen LogP contribution in [0.25, 0.3) is 0 Å². The van der Waals surface area contributed by atoms with Crippen molar-refractivity contribution in [3.63, 3.8) is 0 Å². The Morgan fingerprint density at radius 1 is 1.17 bits per heavy atom. The van der Waals surface area contributed by atoms with E-state index in [1.165, 1.54) is 12.1 Å². The van der Waals surface area contributed by atoms with Gasteiger partial charge in [0.1, 0.15) is 11.9 Å². The molecule has 0 fully saturated rings. The van der Waals surface area contributed by atoms with Gasteiger partial charge < -0.3 is 10.2 Å². The van der Waals surface area contributed by atoms with Gasteiger partial charge >= 0.3 is 0 Å². The molecule has 0 heterocycles. The molecular formula is C18H27FN2O2. The van der Waals surface area contributed by atoms with E-state index in [-0.39, 0.29) is 23.2 Å². The summed E-state index contributed by atoms with van der Waals surface area (Å²) in [5.41, 5.74) is 0.441. The maximum absolute atomic E-state index is 13.0. The minimum Gasteiger partial charge on any atom is -0.350 e. The summed E-state index contributed by atoms with van der Waals surface area (Å²) in [4.78, 5) is 26.4. The molecule has 0 radical (unpaired) electrons. The SMILES string of the molecule is CCC(=O)N(Cc1ccc(F)cc1)[C@@H](CC)C(=O)NC(C)(C)C. The van der Waals surface area contributed by atoms with Crippen LogP contribution in [0.15, 0.2) is 24.3 Å². The second-order valence-electron chi connectivity index (χ2n) is 6.66. The van der Waals surface area contributed by atoms with Crippen molar-refractivity contribution in [3.8, 4) is 0 Å². The topological polar surface area (TPSA) is 49.4 Å². The number of rotatable bonds is 6. The first-order chi connectivity index (χ1) is 10.7. The van der Waals surface area contributed by atoms with Crippen molar-refractivity contribution in [1.29, 1.82) is 0 Å². The van der Waals surface area contributed by atoms with Crippen LogP contribution in [0.5, 0.6) is 0 Å². The van der Waals surface area contributed by atoms with Crippen LogP contribution in [0.4, 0.5) is 4.39 Å². The molecule has 0 saturated carbocycles. The lowest BCUT2D eigenvalue weighted by atomic mass is 10.1. The maximum atomic E-state index is 13.0. The molecule has 2 amide bonds. The van der Waals surface area contributed by atoms with Crippen molar-refractivity contribution >= 4 is 11.8 Å². The van der Waals surface area contributed by atoms with Gasteiger partial charge in [0.05, 0.1) is 0 Å². The standard InChI is InChI=1S/C18H27FN2O2/c1-6-15(17(23)20-18(3,4)5)21(16(22)7-2)12-13-8-10-14(19)11-9-13/h8-11,15H,6-7,12H2,1-5H3,(H,20,23)/t15-/m0/s1. The Labute approximate surface area is 138 Å². The highest BCUT2D eigenvalue weighted by atomic mass is 19.1. The number of halogens is 1. The van der Waals surface area contributed by atoms with Gasteiger partial charge in [0.15, 0.2) is 0 Å². The molecule has 0 aromatic heterocycles. The number of benzene rings is 1. The van der Waals surface area contributed by atoms with Crippen LogP contribution < -0.4 is 5.32 Å². The highest BCUT2D eigenvalue weighted by Gasteiger charge is 2.29. The Bertz CT molecular complexity index is 535. The molecule has 0 unspecified atom stereocenters. The third-order valence-corrected chi connectivity index (χ3v) is 3.45. The second kappa shape index (κ2) is 8.09. The first-order valence-electron chi connectivity index (χ1n) is 8.03. The summed E-state index contributed by atoms with van der Waals surface area (Å²) < 4.78 is 13.0. The lowest BCUT2D eigenvalue weighted by Gasteiger charge is -2.33. The van der Waals surface area contributed by atoms with E-state index in [1.807, 2.05) is 27.7 Å². The Balaban J connectivity index is 3.00. The quantitative estimate of drug-likeness (QED) is 0.874. The maximum Gasteiger partial charge on any atom is 0.243 e. The van der Waals surface area contributed by atoms with Crippen molar-refractivity contribution in [1.82, 2.24) is 10.2 Å². The van der Waals surface area contributed by atoms with E-state index in [0.29, 0.717) is 19.4 Å². The summed E-state index contributed by atoms with van der Waals surface area (Å²) in [5, 5.41) is 2.93. The molecule has 1 N–H and O–H groups in total. The molecule has 0 aliphatic carbocycles. The van der Waals surface area contributed by atoms with Gasteiger partial charge in [-0.25, -0.2) is 4.39 Å². The fraction of sp³-hybridized carbons (Fsp3) is 0.556. The average molecular weight is 322 g/mol. The van der Waals surface area contributed by atoms with E-state index in [9.17, 15) is 14.0 Å². The zero-order chi connectivity index (χ0) is 17.6. The third kappa shape index (κ3) is 6.00. The van der Waals surface area contributed by atoms with E-state index in [1.54, 1.807) is 24.0 Å². The van der Waals surface area contributed by atoms with E-state index < -0.39 is 6.04 Å². The minimum absolute atomic E-state index is 0.0924. The number of carbonyl (C=O) groups is 2. The molecule has 0 saturated heterocycles. The van der Waals surface area contributed by atoms with Gasteiger partial charge in [-0.05, 0) is 44.9 Å². The van der Waals surface area contributed by atoms with Crippen LogP contribution in [0, 0.1) is 5.82 Å². The van der Waals surface area contributed by atoms with Crippen molar-refractivity contribution in [3.05, 3.63) is 35.6 Å². The van der Waals surface area contributed by atoms with Crippen LogP contribution in [0.1, 0.15) is 53.0 Å². The van der Waals surface area contributed by atoms with Crippen LogP contribution >= 0.6 is 0 Å². The summed E-state index contributed by atoms with van der Waals surface area (Å²) in [5.74, 6) is -0.575. The van der Waals surface area contributed by atoms with Gasteiger partial charge in [0.2, 0.25) is 11.8 Å². The van der Waals surface area contributed by atoms with E-state index >= 15 is 0 Å². The highest BCUT2D eigenvalue weighted by molar-refractivity contribution is 5.87. The molecule has 0 bridgehead atoms. The van der Waals surface area contributed by atoms with E-state index in [0.717, 1.165) is 5.56 Å². The molecule has 0 aliphatic rings. The molecule has 128 valence electrons. The Kier molecular flexibility index (Phi) is 6.73. The van der Waals surface area contributed by atoms with Crippen LogP contribution in [-0.2, 0) is 16.1 Å². The number of nitrogens with zero attached hydrogens (tertiary/aromatic N) is 1. The van der Waals surface area contributed by atoms with Crippen molar-refractivity contribution in [2.45, 2.75) is 65.6 Å². The summed E-state index contributed by atoms with van der Waals surface area (Å²) in [7, 11) is 0. The minimum atomic E-state index is -0.535. The Morgan fingerprint density at radius 2 is 1.74 bits per heavy atom. The molecular weight excluding hydrogens is 295 g/mol.